The maximum absolute atomic E-state index is 12.3. The van der Waals surface area contributed by atoms with Gasteiger partial charge >= 0.3 is 23.9 Å². The van der Waals surface area contributed by atoms with E-state index < -0.39 is 23.9 Å². The van der Waals surface area contributed by atoms with Crippen molar-refractivity contribution in [1.82, 2.24) is 0 Å². The number of rotatable bonds is 24. The maximum atomic E-state index is 12.3. The minimum absolute atomic E-state index is 0.306. The van der Waals surface area contributed by atoms with Crippen LogP contribution in [-0.4, -0.2) is 50.3 Å². The predicted molar refractivity (Wildman–Crippen MR) is 199 cm³/mol. The fraction of sp³-hybridized carbons (Fsp3) is 0.286. The summed E-state index contributed by atoms with van der Waals surface area (Å²) in [6, 6.07) is 20.9. The normalized spacial score (nSPS) is 10.8. The van der Waals surface area contributed by atoms with Crippen LogP contribution in [0.3, 0.4) is 0 Å². The Morgan fingerprint density at radius 2 is 0.750 bits per heavy atom. The highest BCUT2D eigenvalue weighted by atomic mass is 16.5. The largest absolute Gasteiger partial charge is 0.494 e. The molecule has 0 aliphatic rings. The first-order chi connectivity index (χ1) is 25.3. The molecule has 0 radical (unpaired) electrons. The van der Waals surface area contributed by atoms with Crippen LogP contribution in [0.15, 0.2) is 110 Å². The number of carbonyl (C=O) groups excluding carboxylic acids is 4. The third-order valence-electron chi connectivity index (χ3n) is 7.28. The molecule has 10 heteroatoms. The van der Waals surface area contributed by atoms with Gasteiger partial charge in [0.15, 0.2) is 0 Å². The molecule has 0 aliphatic carbocycles. The number of esters is 4. The highest BCUT2D eigenvalue weighted by Gasteiger charge is 2.05. The summed E-state index contributed by atoms with van der Waals surface area (Å²) in [6.07, 6.45) is 15.5. The zero-order valence-corrected chi connectivity index (χ0v) is 29.4. The van der Waals surface area contributed by atoms with E-state index in [0.717, 1.165) is 86.1 Å². The van der Waals surface area contributed by atoms with Gasteiger partial charge in [0, 0.05) is 24.3 Å². The lowest BCUT2D eigenvalue weighted by molar-refractivity contribution is -0.138. The third kappa shape index (κ3) is 17.7. The van der Waals surface area contributed by atoms with E-state index in [4.69, 9.17) is 28.4 Å². The molecule has 0 saturated carbocycles. The Bertz CT molecular complexity index is 1500. The van der Waals surface area contributed by atoms with Crippen molar-refractivity contribution in [2.75, 3.05) is 26.4 Å². The van der Waals surface area contributed by atoms with E-state index in [2.05, 4.69) is 13.2 Å². The van der Waals surface area contributed by atoms with Crippen LogP contribution in [0.1, 0.15) is 62.5 Å². The minimum atomic E-state index is -0.552. The van der Waals surface area contributed by atoms with E-state index in [0.29, 0.717) is 37.9 Å². The molecule has 3 aromatic carbocycles. The highest BCUT2D eigenvalue weighted by Crippen LogP contribution is 2.20. The summed E-state index contributed by atoms with van der Waals surface area (Å²) >= 11 is 0. The van der Waals surface area contributed by atoms with Gasteiger partial charge in [-0.15, -0.1) is 0 Å². The van der Waals surface area contributed by atoms with Crippen LogP contribution in [0.25, 0.3) is 12.2 Å². The first-order valence-corrected chi connectivity index (χ1v) is 17.3. The number of benzene rings is 3. The van der Waals surface area contributed by atoms with Crippen molar-refractivity contribution in [3.63, 3.8) is 0 Å². The standard InChI is InChI=1S/C42H46O10/c1-3-39(43)49-31-11-7-5-9-29-47-35-19-13-33(14-20-35)17-27-41(45)51-37-23-25-38(26-24-37)52-42(46)28-18-34-15-21-36(22-16-34)48-30-10-6-8-12-32-50-40(44)4-2/h3-4,13-28H,1-2,5-12,29-32H2. The summed E-state index contributed by atoms with van der Waals surface area (Å²) in [5.74, 6) is 0.183. The molecule has 0 spiro atoms. The molecule has 0 fully saturated rings. The molecule has 0 heterocycles. The van der Waals surface area contributed by atoms with Crippen molar-refractivity contribution in [1.29, 1.82) is 0 Å². The topological polar surface area (TPSA) is 124 Å². The summed E-state index contributed by atoms with van der Waals surface area (Å²) in [4.78, 5) is 46.7. The Balaban J connectivity index is 1.29. The first kappa shape index (κ1) is 40.5. The van der Waals surface area contributed by atoms with Crippen molar-refractivity contribution < 1.29 is 47.6 Å². The van der Waals surface area contributed by atoms with Crippen LogP contribution in [-0.2, 0) is 28.7 Å². The first-order valence-electron chi connectivity index (χ1n) is 17.3. The van der Waals surface area contributed by atoms with E-state index in [1.807, 2.05) is 48.5 Å². The molecule has 0 aliphatic heterocycles. The van der Waals surface area contributed by atoms with Crippen molar-refractivity contribution in [3.8, 4) is 23.0 Å². The van der Waals surface area contributed by atoms with Gasteiger partial charge in [0.25, 0.3) is 0 Å². The minimum Gasteiger partial charge on any atom is -0.494 e. The molecule has 274 valence electrons. The van der Waals surface area contributed by atoms with E-state index in [1.165, 1.54) is 12.2 Å². The van der Waals surface area contributed by atoms with E-state index in [1.54, 1.807) is 36.4 Å². The maximum Gasteiger partial charge on any atom is 0.336 e. The second kappa shape index (κ2) is 24.3. The van der Waals surface area contributed by atoms with Gasteiger partial charge in [-0.2, -0.15) is 0 Å². The molecule has 0 saturated heterocycles. The quantitative estimate of drug-likeness (QED) is 0.0388. The fourth-order valence-electron chi connectivity index (χ4n) is 4.51. The van der Waals surface area contributed by atoms with Gasteiger partial charge in [-0.1, -0.05) is 37.4 Å². The van der Waals surface area contributed by atoms with Gasteiger partial charge in [-0.25, -0.2) is 19.2 Å². The molecule has 52 heavy (non-hydrogen) atoms. The summed E-state index contributed by atoms with van der Waals surface area (Å²) in [7, 11) is 0. The molecule has 0 unspecified atom stereocenters. The molecule has 0 bridgehead atoms. The summed E-state index contributed by atoms with van der Waals surface area (Å²) in [6.45, 7) is 8.69. The Morgan fingerprint density at radius 1 is 0.423 bits per heavy atom. The number of ether oxygens (including phenoxy) is 6. The number of hydrogen-bond donors (Lipinski definition) is 0. The average Bonchev–Trinajstić information content (AvgIpc) is 3.16. The molecular formula is C42H46O10. The molecule has 0 N–H and O–H groups in total. The van der Waals surface area contributed by atoms with E-state index in [9.17, 15) is 19.2 Å². The number of hydrogen-bond acceptors (Lipinski definition) is 10. The van der Waals surface area contributed by atoms with Crippen molar-refractivity contribution in [2.45, 2.75) is 51.4 Å². The van der Waals surface area contributed by atoms with Gasteiger partial charge in [0.1, 0.15) is 23.0 Å². The van der Waals surface area contributed by atoms with Gasteiger partial charge in [-0.05, 0) is 123 Å². The number of unbranched alkanes of at least 4 members (excludes halogenated alkanes) is 6. The Kier molecular flexibility index (Phi) is 18.9. The molecule has 10 nitrogen and oxygen atoms in total. The summed E-state index contributed by atoms with van der Waals surface area (Å²) < 4.78 is 32.1. The monoisotopic (exact) mass is 710 g/mol. The Hall–Kier alpha value is -5.90. The van der Waals surface area contributed by atoms with Crippen molar-refractivity contribution in [2.24, 2.45) is 0 Å². The third-order valence-corrected chi connectivity index (χ3v) is 7.28. The second-order valence-electron chi connectivity index (χ2n) is 11.4. The van der Waals surface area contributed by atoms with Crippen LogP contribution in [0.4, 0.5) is 0 Å². The molecule has 0 atom stereocenters. The Morgan fingerprint density at radius 3 is 1.10 bits per heavy atom. The second-order valence-corrected chi connectivity index (χ2v) is 11.4. The van der Waals surface area contributed by atoms with Crippen LogP contribution in [0.2, 0.25) is 0 Å². The highest BCUT2D eigenvalue weighted by molar-refractivity contribution is 5.89. The number of carbonyl (C=O) groups is 4. The molecule has 3 aromatic rings. The van der Waals surface area contributed by atoms with Gasteiger partial charge in [0.05, 0.1) is 26.4 Å². The lowest BCUT2D eigenvalue weighted by Gasteiger charge is -2.07. The lowest BCUT2D eigenvalue weighted by atomic mass is 10.2. The average molecular weight is 711 g/mol. The molecule has 3 rings (SSSR count). The van der Waals surface area contributed by atoms with Crippen molar-refractivity contribution in [3.05, 3.63) is 121 Å². The lowest BCUT2D eigenvalue weighted by Crippen LogP contribution is -2.05. The fourth-order valence-corrected chi connectivity index (χ4v) is 4.51. The molecule has 0 aromatic heterocycles. The van der Waals surface area contributed by atoms with Crippen LogP contribution in [0, 0.1) is 0 Å². The van der Waals surface area contributed by atoms with Crippen LogP contribution >= 0.6 is 0 Å². The molecule has 0 amide bonds. The zero-order valence-electron chi connectivity index (χ0n) is 29.4. The Labute approximate surface area is 305 Å². The van der Waals surface area contributed by atoms with Gasteiger partial charge in [0.2, 0.25) is 0 Å². The summed E-state index contributed by atoms with van der Waals surface area (Å²) in [5.41, 5.74) is 1.62. The van der Waals surface area contributed by atoms with Crippen molar-refractivity contribution >= 4 is 36.0 Å². The van der Waals surface area contributed by atoms with Crippen LogP contribution < -0.4 is 18.9 Å². The SMILES string of the molecule is C=CC(=O)OCCCCCCOc1ccc(C=CC(=O)Oc2ccc(OC(=O)C=Cc3ccc(OCCCCCCOC(=O)C=C)cc3)cc2)cc1. The van der Waals surface area contributed by atoms with E-state index in [-0.39, 0.29) is 0 Å². The smallest absolute Gasteiger partial charge is 0.336 e. The van der Waals surface area contributed by atoms with Gasteiger partial charge < -0.3 is 28.4 Å². The van der Waals surface area contributed by atoms with Crippen LogP contribution in [0.5, 0.6) is 23.0 Å². The van der Waals surface area contributed by atoms with Gasteiger partial charge in [-0.3, -0.25) is 0 Å². The predicted octanol–water partition coefficient (Wildman–Crippen LogP) is 8.26. The zero-order chi connectivity index (χ0) is 37.2. The van der Waals surface area contributed by atoms with E-state index >= 15 is 0 Å². The summed E-state index contributed by atoms with van der Waals surface area (Å²) in [5, 5.41) is 0. The molecular weight excluding hydrogens is 664 g/mol.